The van der Waals surface area contributed by atoms with Crippen LogP contribution in [-0.4, -0.2) is 255 Å². The Morgan fingerprint density at radius 2 is 0.669 bits per heavy atom. The third-order valence-electron chi connectivity index (χ3n) is 30.4. The molecule has 16 aliphatic rings. The molecule has 15 aliphatic heterocycles. The summed E-state index contributed by atoms with van der Waals surface area (Å²) < 4.78 is 199. The van der Waals surface area contributed by atoms with Crippen LogP contribution in [0.4, 0.5) is 48.7 Å². The van der Waals surface area contributed by atoms with Crippen molar-refractivity contribution < 1.29 is 85.5 Å². The third kappa shape index (κ3) is 21.5. The number of carbonyl (C=O) groups is 1. The van der Waals surface area contributed by atoms with E-state index in [-0.39, 0.29) is 82.2 Å². The summed E-state index contributed by atoms with van der Waals surface area (Å²) in [5, 5.41) is 0. The zero-order valence-corrected chi connectivity index (χ0v) is 79.4. The van der Waals surface area contributed by atoms with E-state index < -0.39 is 111 Å². The number of rotatable bonds is 14. The number of halogens is 10. The fourth-order valence-electron chi connectivity index (χ4n) is 23.9. The van der Waals surface area contributed by atoms with Gasteiger partial charge in [-0.3, -0.25) is 9.21 Å². The number of nitrogens with two attached hydrogens (primary N) is 5. The van der Waals surface area contributed by atoms with Crippen molar-refractivity contribution in [2.75, 3.05) is 125 Å². The summed E-state index contributed by atoms with van der Waals surface area (Å²) in [7, 11) is 0.266. The van der Waals surface area contributed by atoms with E-state index in [2.05, 4.69) is 60.1 Å². The molecule has 0 bridgehead atoms. The first kappa shape index (κ1) is 98.7. The van der Waals surface area contributed by atoms with Crippen molar-refractivity contribution in [2.45, 2.75) is 252 Å². The van der Waals surface area contributed by atoms with Crippen LogP contribution in [0.3, 0.4) is 0 Å². The van der Waals surface area contributed by atoms with Crippen molar-refractivity contribution in [1.82, 2.24) is 48.4 Å². The van der Waals surface area contributed by atoms with Gasteiger partial charge in [0, 0.05) is 232 Å². The molecule has 5 aromatic carbocycles. The first-order chi connectivity index (χ1) is 65.3. The number of ether oxygens (including phenoxy) is 6. The third-order valence-corrected chi connectivity index (χ3v) is 31.6. The van der Waals surface area contributed by atoms with Crippen molar-refractivity contribution in [3.8, 4) is 0 Å². The van der Waals surface area contributed by atoms with Crippen LogP contribution in [0.1, 0.15) is 213 Å². The van der Waals surface area contributed by atoms with Gasteiger partial charge in [0.2, 0.25) is 10.0 Å². The quantitative estimate of drug-likeness (QED) is 0.0647. The lowest BCUT2D eigenvalue weighted by Crippen LogP contribution is -2.48. The fourth-order valence-corrected chi connectivity index (χ4v) is 24.9. The van der Waals surface area contributed by atoms with E-state index in [1.165, 1.54) is 115 Å². The Balaban J connectivity index is 0.000000118. The highest BCUT2D eigenvalue weighted by Crippen LogP contribution is 2.48. The van der Waals surface area contributed by atoms with Crippen LogP contribution < -0.4 is 28.7 Å². The van der Waals surface area contributed by atoms with Crippen LogP contribution in [-0.2, 0) is 38.4 Å². The monoisotopic (exact) mass is 1920 g/mol. The van der Waals surface area contributed by atoms with Crippen molar-refractivity contribution in [1.29, 1.82) is 0 Å². The van der Waals surface area contributed by atoms with Crippen LogP contribution in [0.25, 0.3) is 0 Å². The van der Waals surface area contributed by atoms with E-state index in [4.69, 9.17) is 57.1 Å². The number of hydrogen-bond donors (Lipinski definition) is 5. The Morgan fingerprint density at radius 3 is 1.01 bits per heavy atom. The zero-order valence-electron chi connectivity index (χ0n) is 78.6. The summed E-state index contributed by atoms with van der Waals surface area (Å²) in [6.45, 7) is 17.1. The van der Waals surface area contributed by atoms with E-state index in [9.17, 15) is 57.1 Å². The average molecular weight is 1920 g/mol. The normalized spacial score (nSPS) is 29.2. The minimum atomic E-state index is -3.28. The molecule has 15 heterocycles. The molecule has 24 nitrogen and oxygen atoms in total. The van der Waals surface area contributed by atoms with Crippen molar-refractivity contribution in [3.63, 3.8) is 0 Å². The van der Waals surface area contributed by atoms with E-state index in [0.717, 1.165) is 237 Å². The number of allylic oxidation sites excluding steroid dienone is 5. The highest BCUT2D eigenvalue weighted by molar-refractivity contribution is 7.88. The van der Waals surface area contributed by atoms with Gasteiger partial charge in [0.15, 0.2) is 0 Å². The average Bonchev–Trinajstić information content (AvgIpc) is 1.62. The van der Waals surface area contributed by atoms with Gasteiger partial charge in [-0.15, -0.1) is 0 Å². The van der Waals surface area contributed by atoms with Crippen molar-refractivity contribution in [3.05, 3.63) is 234 Å². The lowest BCUT2D eigenvalue weighted by Gasteiger charge is -2.42. The molecule has 5 aromatic rings. The van der Waals surface area contributed by atoms with Gasteiger partial charge in [0.1, 0.15) is 88.7 Å². The number of amides is 1. The van der Waals surface area contributed by atoms with E-state index in [1.54, 1.807) is 4.90 Å². The van der Waals surface area contributed by atoms with Crippen LogP contribution in [0, 0.1) is 64.1 Å². The predicted molar refractivity (Wildman–Crippen MR) is 495 cm³/mol. The van der Waals surface area contributed by atoms with Gasteiger partial charge in [-0.25, -0.2) is 57.1 Å². The molecule has 742 valence electrons. The van der Waals surface area contributed by atoms with E-state index in [0.29, 0.717) is 71.4 Å². The predicted octanol–water partition coefficient (Wildman–Crippen LogP) is 14.9. The second-order valence-electron chi connectivity index (χ2n) is 39.6. The Morgan fingerprint density at radius 1 is 0.375 bits per heavy atom. The smallest absolute Gasteiger partial charge is 0.413 e. The maximum atomic E-state index is 14.2. The van der Waals surface area contributed by atoms with Gasteiger partial charge >= 0.3 is 6.09 Å². The van der Waals surface area contributed by atoms with Crippen LogP contribution in [0.5, 0.6) is 0 Å². The molecule has 0 spiro atoms. The Labute approximate surface area is 792 Å². The maximum absolute atomic E-state index is 14.2. The maximum Gasteiger partial charge on any atom is 0.413 e. The molecule has 1 amide bonds. The molecule has 6 fully saturated rings. The molecule has 15 atom stereocenters. The topological polar surface area (TPSA) is 269 Å². The Bertz CT molecular complexity index is 5420. The van der Waals surface area contributed by atoms with E-state index in [1.807, 2.05) is 0 Å². The van der Waals surface area contributed by atoms with Crippen LogP contribution in [0.2, 0.25) is 0 Å². The number of sulfonamides is 1. The number of carbonyl (C=O) groups excluding carboxylic acids is 1. The second kappa shape index (κ2) is 42.7. The molecule has 21 rings (SSSR count). The standard InChI is InChI=1S/C22H29F2N3O.C21H29F2N3O.C20H25F2N3O3.C19H25F2N3O3S.C19H25F2N3O/c23-15-5-6-18(24)17(10-15)22-19(25)11-16(13-28-22)27-9-7-20-21(27)2-1-8-26(20)12-14-3-4-14;1-13(2)25-8-3-4-19-20(25)7-9-26(19)15-11-18(24)21(27-12-15)16-10-14(22)5-6-17(16)23;1-27-20(26)25-7-2-3-17-18(25)6-8-24(17)13-10-16(23)19(28-11-13)14-9-12(21)4-5-15(14)22;1-28(25,26)24-7-2-3-17-18(24)6-8-23(17)13-10-16(22)19(27-11-13)14-9-12(20)4-5-15(14)21;1-23-7-2-3-18-17(23)6-8-24(18)13-10-16(22)19(25-11-13)14-9-12(20)4-5-15(14)21/h5-6,10,14,16,19,22H,1-4,7-9,11-13,25H2;5-6,10,13,15,18,21H,3-4,7-9,11-12,24H2,1-2H3;4-5,9,13,16,19H,2-3,6-8,10-11,23H2,1H3;4-5,9,13,16,19H,2-3,6-8,10-11,22H2,1H3;4-5,9,13,16,19H,2-3,6-8,10-11,22H2,1H3/t16-,19+,22-;15-,18+,21-;3*13-,16+,19-/m11111/s1. The molecule has 35 heteroatoms. The molecule has 10 N–H and O–H groups in total. The lowest BCUT2D eigenvalue weighted by molar-refractivity contribution is -0.0436. The van der Waals surface area contributed by atoms with Crippen LogP contribution in [0.15, 0.2) is 148 Å². The van der Waals surface area contributed by atoms with Gasteiger partial charge in [-0.1, -0.05) is 0 Å². The van der Waals surface area contributed by atoms with Gasteiger partial charge in [0.05, 0.1) is 76.6 Å². The first-order valence-electron chi connectivity index (χ1n) is 48.9. The van der Waals surface area contributed by atoms with E-state index >= 15 is 0 Å². The zero-order chi connectivity index (χ0) is 95.8. The molecule has 0 radical (unpaired) electrons. The summed E-state index contributed by atoms with van der Waals surface area (Å²) in [6.07, 6.45) is 18.9. The Kier molecular flexibility index (Phi) is 31.0. The molecular weight excluding hydrogens is 1790 g/mol. The summed E-state index contributed by atoms with van der Waals surface area (Å²) >= 11 is 0. The molecule has 0 unspecified atom stereocenters. The molecule has 136 heavy (non-hydrogen) atoms. The lowest BCUT2D eigenvalue weighted by atomic mass is 9.93. The summed E-state index contributed by atoms with van der Waals surface area (Å²) in [6, 6.07) is 16.3. The first-order valence-corrected chi connectivity index (χ1v) is 50.8. The van der Waals surface area contributed by atoms with Gasteiger partial charge < -0.3 is 96.3 Å². The molecule has 1 saturated carbocycles. The second-order valence-corrected chi connectivity index (χ2v) is 41.5. The summed E-state index contributed by atoms with van der Waals surface area (Å²) in [4.78, 5) is 33.1. The SMILES string of the molecule is CC(C)N1CCCC2=C1CCN2[C@H]1CO[C@H](c2cc(F)ccc2F)[C@@H](N)C1.CN1CCCC2=C1CCN2[C@H]1CO[C@H](c2cc(F)ccc2F)[C@@H](N)C1.COC(=O)N1CCCC2=C1CCN2[C@H]1CO[C@H](c2cc(F)ccc2F)[C@@H](N)C1.CS(=O)(=O)N1CCCC2=C1CCN2[C@H]1CO[C@H](c2cc(F)ccc2F)[C@@H](N)C1.N[C@H]1C[C@@H](N2CCC3=C2CCCN3CC2CC2)CO[C@@H]1c1cc(F)ccc1F. The van der Waals surface area contributed by atoms with Crippen molar-refractivity contribution in [2.24, 2.45) is 34.6 Å². The molecule has 5 saturated heterocycles. The summed E-state index contributed by atoms with van der Waals surface area (Å²) in [5.74, 6) is -3.91. The molecule has 1 aliphatic carbocycles. The number of hydrogen-bond acceptors (Lipinski definition) is 22. The number of benzene rings is 5. The molecular formula is C101H133F10N15O9S. The molecule has 0 aromatic heterocycles. The van der Waals surface area contributed by atoms with Gasteiger partial charge in [0.25, 0.3) is 0 Å². The number of nitrogens with zero attached hydrogens (tertiary/aromatic N) is 10. The Hall–Kier alpha value is -8.88. The van der Waals surface area contributed by atoms with Crippen molar-refractivity contribution >= 4 is 16.1 Å². The number of methoxy groups -OCH3 is 1. The fraction of sp³-hybridized carbons (Fsp3) is 0.594. The largest absolute Gasteiger partial charge is 0.452 e. The van der Waals surface area contributed by atoms with Crippen LogP contribution >= 0.6 is 0 Å². The van der Waals surface area contributed by atoms with Gasteiger partial charge in [-0.05, 0) is 220 Å². The minimum Gasteiger partial charge on any atom is -0.452 e. The summed E-state index contributed by atoms with van der Waals surface area (Å²) in [5.41, 5.74) is 45.5. The van der Waals surface area contributed by atoms with Gasteiger partial charge in [-0.2, -0.15) is 0 Å². The highest BCUT2D eigenvalue weighted by Gasteiger charge is 2.48. The minimum absolute atomic E-state index is 0.00474. The highest BCUT2D eigenvalue weighted by atomic mass is 32.2.